The largest absolute Gasteiger partial charge is 0.451 e. The Hall–Kier alpha value is -0.0551. The van der Waals surface area contributed by atoms with Crippen LogP contribution in [-0.4, -0.2) is 23.7 Å². The summed E-state index contributed by atoms with van der Waals surface area (Å²) < 4.78 is 0. The van der Waals surface area contributed by atoms with E-state index in [9.17, 15) is 0 Å². The van der Waals surface area contributed by atoms with Crippen molar-refractivity contribution in [1.29, 1.82) is 0 Å². The molecular formula is C4H12BNO2. The molecule has 0 aliphatic carbocycles. The Morgan fingerprint density at radius 1 is 1.25 bits per heavy atom. The van der Waals surface area contributed by atoms with Crippen molar-refractivity contribution in [1.82, 2.24) is 0 Å². The maximum Gasteiger partial charge on any atom is 0.451 e. The van der Waals surface area contributed by atoms with Crippen molar-refractivity contribution in [3.8, 4) is 0 Å². The predicted molar refractivity (Wildman–Crippen MR) is 33.3 cm³/mol. The van der Waals surface area contributed by atoms with Gasteiger partial charge in [0.2, 0.25) is 0 Å². The average molecular weight is 117 g/mol. The lowest BCUT2D eigenvalue weighted by atomic mass is 9.84. The van der Waals surface area contributed by atoms with Gasteiger partial charge in [-0.3, -0.25) is 0 Å². The molecule has 48 valence electrons. The van der Waals surface area contributed by atoms with Crippen LogP contribution in [-0.2, 0) is 0 Å². The number of unbranched alkanes of at least 4 members (excludes halogenated alkanes) is 1. The summed E-state index contributed by atoms with van der Waals surface area (Å²) in [5.41, 5.74) is 5.15. The molecule has 0 fully saturated rings. The number of nitrogens with two attached hydrogens (primary N) is 1. The molecule has 0 aliphatic heterocycles. The Morgan fingerprint density at radius 2 is 1.88 bits per heavy atom. The minimum Gasteiger partial charge on any atom is -0.427 e. The van der Waals surface area contributed by atoms with Gasteiger partial charge in [-0.2, -0.15) is 0 Å². The Balaban J connectivity index is 2.72. The molecule has 0 saturated carbocycles. The molecule has 0 atom stereocenters. The summed E-state index contributed by atoms with van der Waals surface area (Å²) in [6.07, 6.45) is 2.11. The maximum atomic E-state index is 8.29. The van der Waals surface area contributed by atoms with Crippen LogP contribution in [0.1, 0.15) is 12.8 Å². The van der Waals surface area contributed by atoms with E-state index in [1.165, 1.54) is 0 Å². The van der Waals surface area contributed by atoms with Crippen molar-refractivity contribution in [3.63, 3.8) is 0 Å². The van der Waals surface area contributed by atoms with Crippen molar-refractivity contribution in [2.24, 2.45) is 5.73 Å². The quantitative estimate of drug-likeness (QED) is 0.333. The molecular weight excluding hydrogens is 105 g/mol. The maximum absolute atomic E-state index is 8.29. The third-order valence-electron chi connectivity index (χ3n) is 0.916. The van der Waals surface area contributed by atoms with E-state index in [2.05, 4.69) is 0 Å². The van der Waals surface area contributed by atoms with Crippen molar-refractivity contribution < 1.29 is 10.0 Å². The van der Waals surface area contributed by atoms with Gasteiger partial charge in [0.25, 0.3) is 0 Å². The summed E-state index contributed by atoms with van der Waals surface area (Å²) >= 11 is 0. The molecule has 0 rings (SSSR count). The molecule has 0 radical (unpaired) electrons. The normalized spacial score (nSPS) is 9.38. The third-order valence-corrected chi connectivity index (χ3v) is 0.916. The zero-order valence-electron chi connectivity index (χ0n) is 4.88. The fourth-order valence-corrected chi connectivity index (χ4v) is 0.471. The van der Waals surface area contributed by atoms with E-state index >= 15 is 0 Å². The first-order chi connectivity index (χ1) is 3.77. The van der Waals surface area contributed by atoms with Crippen LogP contribution in [0.2, 0.25) is 6.32 Å². The van der Waals surface area contributed by atoms with E-state index in [4.69, 9.17) is 15.8 Å². The summed E-state index contributed by atoms with van der Waals surface area (Å²) in [4.78, 5) is 0. The van der Waals surface area contributed by atoms with Crippen LogP contribution in [0, 0.1) is 0 Å². The van der Waals surface area contributed by atoms with E-state index in [0.29, 0.717) is 12.9 Å². The van der Waals surface area contributed by atoms with E-state index in [1.54, 1.807) is 0 Å². The van der Waals surface area contributed by atoms with Gasteiger partial charge in [-0.15, -0.1) is 0 Å². The van der Waals surface area contributed by atoms with Crippen LogP contribution in [0.4, 0.5) is 0 Å². The van der Waals surface area contributed by atoms with Crippen LogP contribution < -0.4 is 5.73 Å². The molecule has 0 amide bonds. The van der Waals surface area contributed by atoms with Gasteiger partial charge in [0, 0.05) is 0 Å². The summed E-state index contributed by atoms with van der Waals surface area (Å²) in [5.74, 6) is 0. The molecule has 0 spiro atoms. The van der Waals surface area contributed by atoms with E-state index in [1.807, 2.05) is 0 Å². The summed E-state index contributed by atoms with van der Waals surface area (Å²) in [6, 6.07) is 0. The minimum atomic E-state index is -1.15. The highest BCUT2D eigenvalue weighted by molar-refractivity contribution is 6.40. The second-order valence-electron chi connectivity index (χ2n) is 1.77. The second kappa shape index (κ2) is 5.09. The monoisotopic (exact) mass is 117 g/mol. The molecule has 4 N–H and O–H groups in total. The standard InChI is InChI=1S/C4H12BNO2/c6-4-2-1-3-5(7)8/h7-8H,1-4,6H2. The molecule has 0 unspecified atom stereocenters. The average Bonchev–Trinajstić information content (AvgIpc) is 1.66. The van der Waals surface area contributed by atoms with Crippen molar-refractivity contribution in [2.45, 2.75) is 19.2 Å². The SMILES string of the molecule is NCCCCB(O)O. The molecule has 0 aliphatic rings. The predicted octanol–water partition coefficient (Wildman–Crippen LogP) is -0.802. The molecule has 0 bridgehead atoms. The van der Waals surface area contributed by atoms with Crippen LogP contribution in [0.15, 0.2) is 0 Å². The number of rotatable bonds is 4. The minimum absolute atomic E-state index is 0.442. The van der Waals surface area contributed by atoms with Gasteiger partial charge in [-0.25, -0.2) is 0 Å². The molecule has 0 heterocycles. The fraction of sp³-hybridized carbons (Fsp3) is 1.00. The second-order valence-corrected chi connectivity index (χ2v) is 1.77. The van der Waals surface area contributed by atoms with Gasteiger partial charge in [0.15, 0.2) is 0 Å². The van der Waals surface area contributed by atoms with Gasteiger partial charge >= 0.3 is 7.12 Å². The van der Waals surface area contributed by atoms with Crippen molar-refractivity contribution >= 4 is 7.12 Å². The van der Waals surface area contributed by atoms with Gasteiger partial charge in [-0.05, 0) is 19.3 Å². The molecule has 3 nitrogen and oxygen atoms in total. The lowest BCUT2D eigenvalue weighted by Crippen LogP contribution is -2.10. The number of hydrogen-bond acceptors (Lipinski definition) is 3. The van der Waals surface area contributed by atoms with Gasteiger partial charge < -0.3 is 15.8 Å². The summed E-state index contributed by atoms with van der Waals surface area (Å²) in [6.45, 7) is 0.632. The molecule has 0 saturated heterocycles. The van der Waals surface area contributed by atoms with Crippen LogP contribution in [0.5, 0.6) is 0 Å². The molecule has 8 heavy (non-hydrogen) atoms. The highest BCUT2D eigenvalue weighted by Gasteiger charge is 2.03. The Bertz CT molecular complexity index is 51.3. The topological polar surface area (TPSA) is 66.5 Å². The van der Waals surface area contributed by atoms with Gasteiger partial charge in [-0.1, -0.05) is 6.42 Å². The van der Waals surface area contributed by atoms with Crippen LogP contribution >= 0.6 is 0 Å². The van der Waals surface area contributed by atoms with Crippen LogP contribution in [0.25, 0.3) is 0 Å². The smallest absolute Gasteiger partial charge is 0.427 e. The first-order valence-electron chi connectivity index (χ1n) is 2.83. The molecule has 0 aromatic heterocycles. The molecule has 4 heteroatoms. The summed E-state index contributed by atoms with van der Waals surface area (Å²) in [5, 5.41) is 16.6. The zero-order valence-corrected chi connectivity index (χ0v) is 4.88. The molecule has 0 aromatic carbocycles. The highest BCUT2D eigenvalue weighted by Crippen LogP contribution is 1.94. The zero-order chi connectivity index (χ0) is 6.41. The van der Waals surface area contributed by atoms with Crippen molar-refractivity contribution in [3.05, 3.63) is 0 Å². The van der Waals surface area contributed by atoms with Gasteiger partial charge in [0.05, 0.1) is 0 Å². The van der Waals surface area contributed by atoms with E-state index in [-0.39, 0.29) is 0 Å². The van der Waals surface area contributed by atoms with E-state index < -0.39 is 7.12 Å². The summed E-state index contributed by atoms with van der Waals surface area (Å²) in [7, 11) is -1.15. The van der Waals surface area contributed by atoms with Crippen LogP contribution in [0.3, 0.4) is 0 Å². The first-order valence-corrected chi connectivity index (χ1v) is 2.83. The Labute approximate surface area is 49.7 Å². The number of hydrogen-bond donors (Lipinski definition) is 3. The highest BCUT2D eigenvalue weighted by atomic mass is 16.4. The third kappa shape index (κ3) is 5.94. The van der Waals surface area contributed by atoms with Gasteiger partial charge in [0.1, 0.15) is 0 Å². The Morgan fingerprint density at radius 3 is 2.25 bits per heavy atom. The lowest BCUT2D eigenvalue weighted by molar-refractivity contribution is 0.402. The fourth-order valence-electron chi connectivity index (χ4n) is 0.471. The lowest BCUT2D eigenvalue weighted by Gasteiger charge is -1.94. The molecule has 0 aromatic rings. The van der Waals surface area contributed by atoms with E-state index in [0.717, 1.165) is 12.8 Å². The first kappa shape index (κ1) is 7.94. The Kier molecular flexibility index (Phi) is 5.05. The van der Waals surface area contributed by atoms with Crippen molar-refractivity contribution in [2.75, 3.05) is 6.54 Å².